The van der Waals surface area contributed by atoms with Crippen molar-refractivity contribution in [3.63, 3.8) is 0 Å². The van der Waals surface area contributed by atoms with Crippen LogP contribution in [0.4, 0.5) is 5.82 Å². The van der Waals surface area contributed by atoms with Gasteiger partial charge in [0.2, 0.25) is 0 Å². The fraction of sp³-hybridized carbons (Fsp3) is 0.462. The van der Waals surface area contributed by atoms with E-state index in [1.807, 2.05) is 10.8 Å². The van der Waals surface area contributed by atoms with E-state index in [1.54, 1.807) is 6.20 Å². The molecule has 0 spiro atoms. The highest BCUT2D eigenvalue weighted by Gasteiger charge is 2.22. The summed E-state index contributed by atoms with van der Waals surface area (Å²) < 4.78 is 1.95. The Morgan fingerprint density at radius 2 is 2.30 bits per heavy atom. The first kappa shape index (κ1) is 12.5. The van der Waals surface area contributed by atoms with Gasteiger partial charge >= 0.3 is 0 Å². The molecule has 1 N–H and O–H groups in total. The molecular formula is C13H15N7. The number of fused-ring (bicyclic) bond motifs is 1. The lowest BCUT2D eigenvalue weighted by atomic mass is 10.1. The summed E-state index contributed by atoms with van der Waals surface area (Å²) in [5.74, 6) is 2.47. The Hall–Kier alpha value is -2.49. The number of hydrogen-bond acceptors (Lipinski definition) is 6. The molecule has 0 bridgehead atoms. The van der Waals surface area contributed by atoms with Crippen LogP contribution < -0.4 is 5.32 Å². The van der Waals surface area contributed by atoms with Crippen LogP contribution in [0.15, 0.2) is 12.4 Å². The second-order valence-corrected chi connectivity index (χ2v) is 4.73. The van der Waals surface area contributed by atoms with Gasteiger partial charge < -0.3 is 5.32 Å². The summed E-state index contributed by atoms with van der Waals surface area (Å²) in [7, 11) is 0. The molecule has 0 aliphatic carbocycles. The van der Waals surface area contributed by atoms with E-state index in [0.29, 0.717) is 11.5 Å². The summed E-state index contributed by atoms with van der Waals surface area (Å²) in [5.41, 5.74) is 0.325. The molecule has 2 aromatic rings. The maximum atomic E-state index is 9.02. The van der Waals surface area contributed by atoms with Crippen molar-refractivity contribution >= 4 is 5.82 Å². The van der Waals surface area contributed by atoms with Gasteiger partial charge in [-0.3, -0.25) is 0 Å². The van der Waals surface area contributed by atoms with Crippen LogP contribution in [0.5, 0.6) is 0 Å². The highest BCUT2D eigenvalue weighted by molar-refractivity contribution is 5.47. The third-order valence-electron chi connectivity index (χ3n) is 3.36. The number of nitrogens with one attached hydrogen (secondary N) is 1. The Balaban J connectivity index is 1.76. The lowest BCUT2D eigenvalue weighted by Crippen LogP contribution is -2.32. The molecule has 1 atom stereocenters. The third-order valence-corrected chi connectivity index (χ3v) is 3.36. The molecule has 7 heteroatoms. The molecule has 0 saturated heterocycles. The van der Waals surface area contributed by atoms with Gasteiger partial charge in [0.05, 0.1) is 6.54 Å². The SMILES string of the molecule is CCc1nc2n(n1)CC(Nc1nccnc1C#N)CC2. The molecular weight excluding hydrogens is 254 g/mol. The van der Waals surface area contributed by atoms with Crippen LogP contribution in [0, 0.1) is 11.3 Å². The number of anilines is 1. The second-order valence-electron chi connectivity index (χ2n) is 4.73. The molecule has 0 radical (unpaired) electrons. The molecule has 7 nitrogen and oxygen atoms in total. The Kier molecular flexibility index (Phi) is 3.29. The zero-order chi connectivity index (χ0) is 13.9. The molecule has 20 heavy (non-hydrogen) atoms. The van der Waals surface area contributed by atoms with Gasteiger partial charge in [0.15, 0.2) is 17.3 Å². The highest BCUT2D eigenvalue weighted by Crippen LogP contribution is 2.17. The van der Waals surface area contributed by atoms with Gasteiger partial charge in [-0.25, -0.2) is 19.6 Å². The maximum Gasteiger partial charge on any atom is 0.182 e. The minimum Gasteiger partial charge on any atom is -0.363 e. The van der Waals surface area contributed by atoms with Crippen molar-refractivity contribution < 1.29 is 0 Å². The number of rotatable bonds is 3. The third kappa shape index (κ3) is 2.32. The maximum absolute atomic E-state index is 9.02. The van der Waals surface area contributed by atoms with Crippen molar-refractivity contribution in [3.05, 3.63) is 29.7 Å². The summed E-state index contributed by atoms with van der Waals surface area (Å²) in [6.07, 6.45) is 5.78. The van der Waals surface area contributed by atoms with E-state index in [-0.39, 0.29) is 6.04 Å². The number of hydrogen-bond donors (Lipinski definition) is 1. The predicted octanol–water partition coefficient (Wildman–Crippen LogP) is 0.929. The van der Waals surface area contributed by atoms with Gasteiger partial charge in [-0.05, 0) is 6.42 Å². The first-order valence-electron chi connectivity index (χ1n) is 6.70. The van der Waals surface area contributed by atoms with Gasteiger partial charge in [0.1, 0.15) is 11.9 Å². The first-order chi connectivity index (χ1) is 9.80. The summed E-state index contributed by atoms with van der Waals surface area (Å²) in [6, 6.07) is 2.24. The van der Waals surface area contributed by atoms with Gasteiger partial charge in [-0.2, -0.15) is 10.4 Å². The average Bonchev–Trinajstić information content (AvgIpc) is 2.90. The Bertz CT molecular complexity index is 655. The zero-order valence-corrected chi connectivity index (χ0v) is 11.2. The minimum absolute atomic E-state index is 0.192. The van der Waals surface area contributed by atoms with Crippen LogP contribution in [0.2, 0.25) is 0 Å². The zero-order valence-electron chi connectivity index (χ0n) is 11.2. The number of nitriles is 1. The molecule has 0 aromatic carbocycles. The van der Waals surface area contributed by atoms with E-state index in [9.17, 15) is 0 Å². The second kappa shape index (κ2) is 5.25. The van der Waals surface area contributed by atoms with Crippen LogP contribution in [0.25, 0.3) is 0 Å². The van der Waals surface area contributed by atoms with Crippen molar-refractivity contribution in [2.45, 2.75) is 38.8 Å². The largest absolute Gasteiger partial charge is 0.363 e. The highest BCUT2D eigenvalue weighted by atomic mass is 15.4. The molecule has 102 valence electrons. The molecule has 3 rings (SSSR count). The average molecular weight is 269 g/mol. The Morgan fingerprint density at radius 3 is 3.10 bits per heavy atom. The summed E-state index contributed by atoms with van der Waals surface area (Å²) in [4.78, 5) is 12.7. The van der Waals surface area contributed by atoms with E-state index in [4.69, 9.17) is 5.26 Å². The Labute approximate surface area is 116 Å². The quantitative estimate of drug-likeness (QED) is 0.891. The van der Waals surface area contributed by atoms with E-state index < -0.39 is 0 Å². The number of nitrogens with zero attached hydrogens (tertiary/aromatic N) is 6. The first-order valence-corrected chi connectivity index (χ1v) is 6.70. The van der Waals surface area contributed by atoms with Crippen LogP contribution >= 0.6 is 0 Å². The van der Waals surface area contributed by atoms with Gasteiger partial charge in [-0.15, -0.1) is 0 Å². The van der Waals surface area contributed by atoms with Crippen molar-refractivity contribution in [2.75, 3.05) is 5.32 Å². The smallest absolute Gasteiger partial charge is 0.182 e. The van der Waals surface area contributed by atoms with E-state index in [0.717, 1.165) is 37.5 Å². The fourth-order valence-corrected chi connectivity index (χ4v) is 2.35. The van der Waals surface area contributed by atoms with E-state index >= 15 is 0 Å². The van der Waals surface area contributed by atoms with Gasteiger partial charge in [0, 0.05) is 31.3 Å². The molecule has 0 amide bonds. The fourth-order valence-electron chi connectivity index (χ4n) is 2.35. The summed E-state index contributed by atoms with van der Waals surface area (Å²) >= 11 is 0. The van der Waals surface area contributed by atoms with Gasteiger partial charge in [-0.1, -0.05) is 6.92 Å². The van der Waals surface area contributed by atoms with Crippen molar-refractivity contribution in [3.8, 4) is 6.07 Å². The molecule has 2 aromatic heterocycles. The summed E-state index contributed by atoms with van der Waals surface area (Å²) in [6.45, 7) is 2.79. The van der Waals surface area contributed by atoms with Crippen molar-refractivity contribution in [2.24, 2.45) is 0 Å². The molecule has 1 aliphatic rings. The topological polar surface area (TPSA) is 92.3 Å². The van der Waals surface area contributed by atoms with Gasteiger partial charge in [0.25, 0.3) is 0 Å². The normalized spacial score (nSPS) is 17.3. The van der Waals surface area contributed by atoms with Crippen LogP contribution in [-0.4, -0.2) is 30.8 Å². The minimum atomic E-state index is 0.192. The van der Waals surface area contributed by atoms with E-state index in [1.165, 1.54) is 6.20 Å². The lowest BCUT2D eigenvalue weighted by molar-refractivity contribution is 0.439. The van der Waals surface area contributed by atoms with Crippen LogP contribution in [0.3, 0.4) is 0 Å². The number of aryl methyl sites for hydroxylation is 2. The molecule has 1 aliphatic heterocycles. The standard InChI is InChI=1S/C13H15N7/c1-2-11-18-12-4-3-9(8-20(12)19-11)17-13-10(7-14)15-5-6-16-13/h5-6,9H,2-4,8H2,1H3,(H,16,17). The monoisotopic (exact) mass is 269 g/mol. The molecule has 0 fully saturated rings. The van der Waals surface area contributed by atoms with Crippen molar-refractivity contribution in [1.82, 2.24) is 24.7 Å². The number of aromatic nitrogens is 5. The molecule has 3 heterocycles. The van der Waals surface area contributed by atoms with Crippen molar-refractivity contribution in [1.29, 1.82) is 5.26 Å². The molecule has 1 unspecified atom stereocenters. The molecule has 0 saturated carbocycles. The summed E-state index contributed by atoms with van der Waals surface area (Å²) in [5, 5.41) is 16.8. The Morgan fingerprint density at radius 1 is 1.45 bits per heavy atom. The predicted molar refractivity (Wildman–Crippen MR) is 71.9 cm³/mol. The lowest BCUT2D eigenvalue weighted by Gasteiger charge is -2.24. The van der Waals surface area contributed by atoms with E-state index in [2.05, 4.69) is 32.3 Å². The van der Waals surface area contributed by atoms with Crippen LogP contribution in [-0.2, 0) is 19.4 Å². The van der Waals surface area contributed by atoms with Crippen LogP contribution in [0.1, 0.15) is 30.7 Å².